The minimum Gasteiger partial charge on any atom is -0.434 e. The molecule has 0 fully saturated rings. The highest BCUT2D eigenvalue weighted by Gasteiger charge is 2.34. The van der Waals surface area contributed by atoms with Gasteiger partial charge in [0.15, 0.2) is 22.8 Å². The summed E-state index contributed by atoms with van der Waals surface area (Å²) >= 11 is 0. The molecule has 0 radical (unpaired) electrons. The van der Waals surface area contributed by atoms with E-state index < -0.39 is 0 Å². The number of carbonyl (C=O) groups excluding carboxylic acids is 2. The molecule has 176 valence electrons. The highest BCUT2D eigenvalue weighted by molar-refractivity contribution is 6.42. The van der Waals surface area contributed by atoms with E-state index in [2.05, 4.69) is 4.98 Å². The van der Waals surface area contributed by atoms with E-state index in [1.165, 1.54) is 12.1 Å². The number of para-hydroxylation sites is 1. The molecule has 37 heavy (non-hydrogen) atoms. The van der Waals surface area contributed by atoms with E-state index in [1.807, 2.05) is 59.2 Å². The molecule has 0 spiro atoms. The molecule has 0 atom stereocenters. The van der Waals surface area contributed by atoms with Gasteiger partial charge in [0.25, 0.3) is 0 Å². The number of Topliss-reactive ketones (excluding diaryl/α,β-unsaturated/α-hetero) is 2. The minimum absolute atomic E-state index is 0.0985. The first kappa shape index (κ1) is 21.2. The Balaban J connectivity index is 1.39. The Bertz CT molecular complexity index is 1860. The number of rotatable bonds is 3. The highest BCUT2D eigenvalue weighted by atomic mass is 19.1. The van der Waals surface area contributed by atoms with E-state index >= 15 is 0 Å². The first-order chi connectivity index (χ1) is 18.1. The molecule has 2 aromatic heterocycles. The number of oxazole rings is 1. The average Bonchev–Trinajstić information content (AvgIpc) is 3.55. The van der Waals surface area contributed by atoms with E-state index in [1.54, 1.807) is 36.4 Å². The standard InChI is InChI=1S/C31H17FN2O3/c32-21-12-10-18(11-13-21)31-33-30-27(37-31)17-23(34(30)22-8-2-1-3-9-22)16-26-28(35)24-14-19-6-4-5-7-20(19)15-25(24)29(26)36/h1-17H. The number of allylic oxidation sites excluding steroid dienone is 1. The quantitative estimate of drug-likeness (QED) is 0.200. The Labute approximate surface area is 210 Å². The molecule has 1 aliphatic carbocycles. The van der Waals surface area contributed by atoms with Gasteiger partial charge in [0.1, 0.15) is 5.82 Å². The smallest absolute Gasteiger partial charge is 0.228 e. The molecular weight excluding hydrogens is 467 g/mol. The van der Waals surface area contributed by atoms with E-state index in [0.29, 0.717) is 39.5 Å². The SMILES string of the molecule is O=C1C(=Cc2cc3oc(-c4ccc(F)cc4)nc3n2-c2ccccc2)C(=O)c2cc3ccccc3cc21. The molecular formula is C31H17FN2O3. The van der Waals surface area contributed by atoms with E-state index in [4.69, 9.17) is 4.42 Å². The van der Waals surface area contributed by atoms with Crippen LogP contribution in [-0.2, 0) is 0 Å². The number of ketones is 2. The summed E-state index contributed by atoms with van der Waals surface area (Å²) in [5, 5.41) is 1.82. The summed E-state index contributed by atoms with van der Waals surface area (Å²) in [7, 11) is 0. The maximum absolute atomic E-state index is 13.4. The van der Waals surface area contributed by atoms with E-state index in [0.717, 1.165) is 16.5 Å². The second kappa shape index (κ2) is 7.96. The van der Waals surface area contributed by atoms with Gasteiger partial charge < -0.3 is 4.42 Å². The Morgan fingerprint density at radius 3 is 2.03 bits per heavy atom. The Morgan fingerprint density at radius 1 is 0.757 bits per heavy atom. The molecule has 5 nitrogen and oxygen atoms in total. The second-order valence-corrected chi connectivity index (χ2v) is 8.92. The van der Waals surface area contributed by atoms with Crippen LogP contribution >= 0.6 is 0 Å². The van der Waals surface area contributed by atoms with Crippen molar-refractivity contribution in [2.75, 3.05) is 0 Å². The van der Waals surface area contributed by atoms with Crippen LogP contribution in [-0.4, -0.2) is 21.1 Å². The summed E-state index contributed by atoms with van der Waals surface area (Å²) < 4.78 is 21.3. The molecule has 0 aliphatic heterocycles. The second-order valence-electron chi connectivity index (χ2n) is 8.92. The van der Waals surface area contributed by atoms with Gasteiger partial charge in [-0.25, -0.2) is 4.39 Å². The third-order valence-electron chi connectivity index (χ3n) is 6.65. The zero-order valence-corrected chi connectivity index (χ0v) is 19.3. The molecule has 0 amide bonds. The van der Waals surface area contributed by atoms with Crippen molar-refractivity contribution < 1.29 is 18.4 Å². The topological polar surface area (TPSA) is 65.1 Å². The average molecular weight is 484 g/mol. The van der Waals surface area contributed by atoms with Gasteiger partial charge in [-0.3, -0.25) is 14.2 Å². The fourth-order valence-corrected chi connectivity index (χ4v) is 4.86. The normalized spacial score (nSPS) is 13.1. The lowest BCUT2D eigenvalue weighted by Gasteiger charge is -2.07. The van der Waals surface area contributed by atoms with Crippen LogP contribution in [0.2, 0.25) is 0 Å². The van der Waals surface area contributed by atoms with Crippen molar-refractivity contribution >= 4 is 39.6 Å². The number of carbonyl (C=O) groups is 2. The summed E-state index contributed by atoms with van der Waals surface area (Å²) in [6, 6.07) is 28.4. The molecule has 0 N–H and O–H groups in total. The van der Waals surface area contributed by atoms with Crippen LogP contribution in [0, 0.1) is 5.82 Å². The fraction of sp³-hybridized carbons (Fsp3) is 0. The van der Waals surface area contributed by atoms with Crippen molar-refractivity contribution in [2.24, 2.45) is 0 Å². The molecule has 7 rings (SSSR count). The first-order valence-corrected chi connectivity index (χ1v) is 11.7. The molecule has 1 aliphatic rings. The fourth-order valence-electron chi connectivity index (χ4n) is 4.86. The van der Waals surface area contributed by atoms with Crippen LogP contribution in [0.5, 0.6) is 0 Å². The molecule has 0 bridgehead atoms. The zero-order valence-electron chi connectivity index (χ0n) is 19.3. The van der Waals surface area contributed by atoms with Crippen molar-refractivity contribution in [2.45, 2.75) is 0 Å². The monoisotopic (exact) mass is 484 g/mol. The van der Waals surface area contributed by atoms with Gasteiger partial charge in [-0.1, -0.05) is 42.5 Å². The summed E-state index contributed by atoms with van der Waals surface area (Å²) in [4.78, 5) is 31.4. The Morgan fingerprint density at radius 2 is 1.38 bits per heavy atom. The predicted octanol–water partition coefficient (Wildman–Crippen LogP) is 7.04. The van der Waals surface area contributed by atoms with Crippen LogP contribution in [0.4, 0.5) is 4.39 Å². The van der Waals surface area contributed by atoms with Crippen LogP contribution in [0.1, 0.15) is 26.4 Å². The highest BCUT2D eigenvalue weighted by Crippen LogP contribution is 2.34. The Hall–Kier alpha value is -5.10. The van der Waals surface area contributed by atoms with Gasteiger partial charge in [-0.2, -0.15) is 4.98 Å². The van der Waals surface area contributed by atoms with Crippen molar-refractivity contribution in [1.29, 1.82) is 0 Å². The molecule has 6 heteroatoms. The number of halogens is 1. The van der Waals surface area contributed by atoms with Crippen LogP contribution in [0.3, 0.4) is 0 Å². The maximum atomic E-state index is 13.4. The maximum Gasteiger partial charge on any atom is 0.228 e. The van der Waals surface area contributed by atoms with E-state index in [-0.39, 0.29) is 23.0 Å². The molecule has 0 saturated carbocycles. The van der Waals surface area contributed by atoms with Crippen molar-refractivity contribution in [1.82, 2.24) is 9.55 Å². The molecule has 0 saturated heterocycles. The molecule has 2 heterocycles. The first-order valence-electron chi connectivity index (χ1n) is 11.7. The van der Waals surface area contributed by atoms with E-state index in [9.17, 15) is 14.0 Å². The Kier molecular flexibility index (Phi) is 4.56. The minimum atomic E-state index is -0.345. The number of benzene rings is 4. The van der Waals surface area contributed by atoms with Crippen molar-refractivity contribution in [3.8, 4) is 17.1 Å². The van der Waals surface area contributed by atoms with Crippen LogP contribution in [0.25, 0.3) is 45.2 Å². The van der Waals surface area contributed by atoms with Gasteiger partial charge in [0.05, 0.1) is 11.3 Å². The lowest BCUT2D eigenvalue weighted by atomic mass is 10.0. The molecule has 4 aromatic carbocycles. The van der Waals surface area contributed by atoms with Gasteiger partial charge in [0.2, 0.25) is 5.89 Å². The van der Waals surface area contributed by atoms with Gasteiger partial charge in [-0.05, 0) is 65.4 Å². The van der Waals surface area contributed by atoms with Crippen molar-refractivity contribution in [3.05, 3.63) is 125 Å². The summed E-state index contributed by atoms with van der Waals surface area (Å²) in [5.41, 5.74) is 3.95. The third-order valence-corrected chi connectivity index (χ3v) is 6.65. The number of hydrogen-bond acceptors (Lipinski definition) is 4. The molecule has 0 unspecified atom stereocenters. The lowest BCUT2D eigenvalue weighted by Crippen LogP contribution is -2.03. The largest absolute Gasteiger partial charge is 0.434 e. The summed E-state index contributed by atoms with van der Waals surface area (Å²) in [6.07, 6.45) is 1.61. The summed E-state index contributed by atoms with van der Waals surface area (Å²) in [6.45, 7) is 0. The van der Waals surface area contributed by atoms with Crippen LogP contribution < -0.4 is 0 Å². The molecule has 6 aromatic rings. The van der Waals surface area contributed by atoms with Gasteiger partial charge in [0, 0.05) is 28.4 Å². The lowest BCUT2D eigenvalue weighted by molar-refractivity contribution is 0.0990. The number of aromatic nitrogens is 2. The van der Waals surface area contributed by atoms with Crippen LogP contribution in [0.15, 0.2) is 107 Å². The number of fused-ring (bicyclic) bond motifs is 3. The zero-order chi connectivity index (χ0) is 25.1. The van der Waals surface area contributed by atoms with Gasteiger partial charge in [-0.15, -0.1) is 0 Å². The van der Waals surface area contributed by atoms with Crippen molar-refractivity contribution in [3.63, 3.8) is 0 Å². The number of nitrogens with zero attached hydrogens (tertiary/aromatic N) is 2. The number of hydrogen-bond donors (Lipinski definition) is 0. The predicted molar refractivity (Wildman–Crippen MR) is 139 cm³/mol. The van der Waals surface area contributed by atoms with Gasteiger partial charge >= 0.3 is 0 Å². The third kappa shape index (κ3) is 3.34. The summed E-state index contributed by atoms with van der Waals surface area (Å²) in [5.74, 6) is -0.602.